The number of hydrogen-bond acceptors (Lipinski definition) is 4. The summed E-state index contributed by atoms with van der Waals surface area (Å²) in [5.74, 6) is 2.22. The Morgan fingerprint density at radius 1 is 1.30 bits per heavy atom. The van der Waals surface area contributed by atoms with Gasteiger partial charge >= 0.3 is 0 Å². The molecule has 0 bridgehead atoms. The number of aliphatic hydroxyl groups is 1. The van der Waals surface area contributed by atoms with Crippen molar-refractivity contribution in [3.63, 3.8) is 0 Å². The normalized spacial score (nSPS) is 12.4. The number of aliphatic hydroxyl groups excluding tert-OH is 1. The van der Waals surface area contributed by atoms with Crippen molar-refractivity contribution in [2.75, 3.05) is 7.11 Å². The highest BCUT2D eigenvalue weighted by Crippen LogP contribution is 2.28. The predicted molar refractivity (Wildman–Crippen MR) is 80.6 cm³/mol. The van der Waals surface area contributed by atoms with E-state index in [0.29, 0.717) is 12.3 Å². The van der Waals surface area contributed by atoms with Gasteiger partial charge in [-0.15, -0.1) is 0 Å². The molecule has 108 valence electrons. The van der Waals surface area contributed by atoms with Gasteiger partial charge in [0.2, 0.25) is 0 Å². The van der Waals surface area contributed by atoms with Crippen LogP contribution in [0, 0.1) is 0 Å². The third-order valence-corrected chi connectivity index (χ3v) is 3.75. The number of furan rings is 1. The Morgan fingerprint density at radius 2 is 2.05 bits per heavy atom. The van der Waals surface area contributed by atoms with Gasteiger partial charge in [0.05, 0.1) is 18.1 Å². The Kier molecular flexibility index (Phi) is 5.23. The minimum absolute atomic E-state index is 0.0685. The van der Waals surface area contributed by atoms with E-state index in [4.69, 9.17) is 14.3 Å². The van der Waals surface area contributed by atoms with Crippen LogP contribution in [0.2, 0.25) is 0 Å². The molecular formula is C15H18BrNO3. The first kappa shape index (κ1) is 15.1. The molecule has 0 saturated carbocycles. The molecule has 1 aromatic heterocycles. The summed E-state index contributed by atoms with van der Waals surface area (Å²) in [4.78, 5) is 0. The molecule has 1 unspecified atom stereocenters. The molecule has 0 amide bonds. The van der Waals surface area contributed by atoms with Crippen LogP contribution in [0.1, 0.15) is 30.0 Å². The minimum Gasteiger partial charge on any atom is -0.496 e. The Bertz CT molecular complexity index is 568. The van der Waals surface area contributed by atoms with Gasteiger partial charge in [0, 0.05) is 6.04 Å². The van der Waals surface area contributed by atoms with Crippen LogP contribution >= 0.6 is 15.9 Å². The Hall–Kier alpha value is -1.30. The lowest BCUT2D eigenvalue weighted by Crippen LogP contribution is -2.17. The van der Waals surface area contributed by atoms with Crippen molar-refractivity contribution < 1.29 is 14.3 Å². The topological polar surface area (TPSA) is 54.6 Å². The summed E-state index contributed by atoms with van der Waals surface area (Å²) in [5.41, 5.74) is 1.16. The van der Waals surface area contributed by atoms with Crippen molar-refractivity contribution >= 4 is 15.9 Å². The SMILES string of the molecule is COc1ccc(C(C)NCc2ccc(CO)o2)cc1Br. The summed E-state index contributed by atoms with van der Waals surface area (Å²) in [7, 11) is 1.65. The van der Waals surface area contributed by atoms with Gasteiger partial charge < -0.3 is 19.6 Å². The number of halogens is 1. The van der Waals surface area contributed by atoms with Crippen molar-refractivity contribution in [3.05, 3.63) is 51.9 Å². The van der Waals surface area contributed by atoms with Crippen molar-refractivity contribution in [2.45, 2.75) is 26.1 Å². The molecule has 4 nitrogen and oxygen atoms in total. The molecule has 2 N–H and O–H groups in total. The van der Waals surface area contributed by atoms with Gasteiger partial charge in [0.15, 0.2) is 0 Å². The highest BCUT2D eigenvalue weighted by Gasteiger charge is 2.09. The number of nitrogens with one attached hydrogen (secondary N) is 1. The van der Waals surface area contributed by atoms with E-state index in [2.05, 4.69) is 28.2 Å². The second-order valence-electron chi connectivity index (χ2n) is 4.52. The Balaban J connectivity index is 1.97. The second kappa shape index (κ2) is 6.92. The lowest BCUT2D eigenvalue weighted by atomic mass is 10.1. The lowest BCUT2D eigenvalue weighted by molar-refractivity contribution is 0.242. The van der Waals surface area contributed by atoms with Crippen LogP contribution in [0.5, 0.6) is 5.75 Å². The first-order chi connectivity index (χ1) is 9.63. The van der Waals surface area contributed by atoms with Crippen LogP contribution in [0.4, 0.5) is 0 Å². The molecule has 0 aliphatic carbocycles. The van der Waals surface area contributed by atoms with Crippen LogP contribution < -0.4 is 10.1 Å². The third-order valence-electron chi connectivity index (χ3n) is 3.13. The lowest BCUT2D eigenvalue weighted by Gasteiger charge is -2.14. The monoisotopic (exact) mass is 339 g/mol. The molecule has 2 rings (SSSR count). The van der Waals surface area contributed by atoms with Gasteiger partial charge in [-0.1, -0.05) is 6.07 Å². The average Bonchev–Trinajstić information content (AvgIpc) is 2.92. The Labute approximate surface area is 126 Å². The number of benzene rings is 1. The molecule has 5 heteroatoms. The summed E-state index contributed by atoms with van der Waals surface area (Å²) in [6.07, 6.45) is 0. The van der Waals surface area contributed by atoms with Crippen molar-refractivity contribution in [3.8, 4) is 5.75 Å². The van der Waals surface area contributed by atoms with E-state index in [0.717, 1.165) is 21.5 Å². The smallest absolute Gasteiger partial charge is 0.133 e. The van der Waals surface area contributed by atoms with E-state index in [1.54, 1.807) is 13.2 Å². The van der Waals surface area contributed by atoms with Crippen LogP contribution in [-0.4, -0.2) is 12.2 Å². The molecule has 0 aliphatic heterocycles. The fourth-order valence-electron chi connectivity index (χ4n) is 1.93. The van der Waals surface area contributed by atoms with Gasteiger partial charge in [-0.2, -0.15) is 0 Å². The van der Waals surface area contributed by atoms with Gasteiger partial charge in [0.1, 0.15) is 23.9 Å². The quantitative estimate of drug-likeness (QED) is 0.846. The van der Waals surface area contributed by atoms with E-state index in [1.165, 1.54) is 0 Å². The standard InChI is InChI=1S/C15H18BrNO3/c1-10(11-3-6-15(19-2)14(16)7-11)17-8-12-4-5-13(9-18)20-12/h3-7,10,17-18H,8-9H2,1-2H3. The predicted octanol–water partition coefficient (Wildman–Crippen LogP) is 3.39. The number of hydrogen-bond donors (Lipinski definition) is 2. The van der Waals surface area contributed by atoms with E-state index in [9.17, 15) is 0 Å². The molecule has 20 heavy (non-hydrogen) atoms. The second-order valence-corrected chi connectivity index (χ2v) is 5.38. The molecule has 0 aliphatic rings. The maximum Gasteiger partial charge on any atom is 0.133 e. The molecule has 1 atom stereocenters. The molecule has 2 aromatic rings. The Morgan fingerprint density at radius 3 is 2.65 bits per heavy atom. The highest BCUT2D eigenvalue weighted by molar-refractivity contribution is 9.10. The van der Waals surface area contributed by atoms with E-state index in [-0.39, 0.29) is 12.6 Å². The van der Waals surface area contributed by atoms with E-state index < -0.39 is 0 Å². The van der Waals surface area contributed by atoms with Crippen LogP contribution in [0.15, 0.2) is 39.2 Å². The zero-order chi connectivity index (χ0) is 14.5. The number of ether oxygens (including phenoxy) is 1. The van der Waals surface area contributed by atoms with Gasteiger partial charge in [0.25, 0.3) is 0 Å². The fourth-order valence-corrected chi connectivity index (χ4v) is 2.48. The van der Waals surface area contributed by atoms with Gasteiger partial charge in [-0.05, 0) is 52.7 Å². The van der Waals surface area contributed by atoms with Gasteiger partial charge in [-0.25, -0.2) is 0 Å². The average molecular weight is 340 g/mol. The van der Waals surface area contributed by atoms with Crippen molar-refractivity contribution in [1.29, 1.82) is 0 Å². The summed E-state index contributed by atoms with van der Waals surface area (Å²) >= 11 is 3.49. The zero-order valence-corrected chi connectivity index (χ0v) is 13.1. The summed E-state index contributed by atoms with van der Waals surface area (Å²) in [6.45, 7) is 2.63. The van der Waals surface area contributed by atoms with E-state index in [1.807, 2.05) is 24.3 Å². The van der Waals surface area contributed by atoms with Crippen molar-refractivity contribution in [2.24, 2.45) is 0 Å². The highest BCUT2D eigenvalue weighted by atomic mass is 79.9. The van der Waals surface area contributed by atoms with Crippen LogP contribution in [-0.2, 0) is 13.2 Å². The summed E-state index contributed by atoms with van der Waals surface area (Å²) in [6, 6.07) is 9.84. The molecule has 0 spiro atoms. The van der Waals surface area contributed by atoms with Gasteiger partial charge in [-0.3, -0.25) is 0 Å². The zero-order valence-electron chi connectivity index (χ0n) is 11.5. The fraction of sp³-hybridized carbons (Fsp3) is 0.333. The maximum absolute atomic E-state index is 8.96. The molecule has 1 heterocycles. The summed E-state index contributed by atoms with van der Waals surface area (Å²) in [5, 5.41) is 12.3. The summed E-state index contributed by atoms with van der Waals surface area (Å²) < 4.78 is 11.6. The van der Waals surface area contributed by atoms with Crippen LogP contribution in [0.3, 0.4) is 0 Å². The van der Waals surface area contributed by atoms with Crippen molar-refractivity contribution in [1.82, 2.24) is 5.32 Å². The van der Waals surface area contributed by atoms with E-state index >= 15 is 0 Å². The largest absolute Gasteiger partial charge is 0.496 e. The molecule has 1 aromatic carbocycles. The number of methoxy groups -OCH3 is 1. The molecule has 0 radical (unpaired) electrons. The third kappa shape index (κ3) is 3.62. The minimum atomic E-state index is -0.0685. The first-order valence-electron chi connectivity index (χ1n) is 6.39. The first-order valence-corrected chi connectivity index (χ1v) is 7.18. The molecule has 0 fully saturated rings. The number of rotatable bonds is 6. The van der Waals surface area contributed by atoms with Crippen LogP contribution in [0.25, 0.3) is 0 Å². The molecule has 0 saturated heterocycles. The molecular weight excluding hydrogens is 322 g/mol. The maximum atomic E-state index is 8.96.